The Balaban J connectivity index is 1.75. The van der Waals surface area contributed by atoms with Gasteiger partial charge in [0.15, 0.2) is 0 Å². The SMILES string of the molecule is O=C(OCc1cc(F)cc(F)c1)c1cccnc1Oc1cncc(Cl)c1. The van der Waals surface area contributed by atoms with Gasteiger partial charge in [0.2, 0.25) is 5.88 Å². The Labute approximate surface area is 152 Å². The molecule has 0 saturated carbocycles. The number of hydrogen-bond acceptors (Lipinski definition) is 5. The molecule has 0 radical (unpaired) electrons. The lowest BCUT2D eigenvalue weighted by Gasteiger charge is -2.10. The Hall–Kier alpha value is -3.06. The second-order valence-electron chi connectivity index (χ2n) is 5.15. The van der Waals surface area contributed by atoms with Gasteiger partial charge in [-0.25, -0.2) is 18.6 Å². The first-order valence-corrected chi connectivity index (χ1v) is 7.74. The minimum absolute atomic E-state index is 0.00742. The molecule has 2 heterocycles. The minimum Gasteiger partial charge on any atom is -0.457 e. The molecule has 0 aliphatic carbocycles. The van der Waals surface area contributed by atoms with Gasteiger partial charge in [0.25, 0.3) is 0 Å². The van der Waals surface area contributed by atoms with Gasteiger partial charge in [-0.15, -0.1) is 0 Å². The molecule has 0 fully saturated rings. The fraction of sp³-hybridized carbons (Fsp3) is 0.0556. The summed E-state index contributed by atoms with van der Waals surface area (Å²) in [5, 5.41) is 0.357. The number of carbonyl (C=O) groups excluding carboxylic acids is 1. The number of benzene rings is 1. The molecule has 1 aromatic carbocycles. The largest absolute Gasteiger partial charge is 0.457 e. The van der Waals surface area contributed by atoms with Crippen LogP contribution in [-0.4, -0.2) is 15.9 Å². The molecule has 0 saturated heterocycles. The third-order valence-corrected chi connectivity index (χ3v) is 3.38. The summed E-state index contributed by atoms with van der Waals surface area (Å²) in [6.45, 7) is -0.305. The van der Waals surface area contributed by atoms with Gasteiger partial charge in [-0.1, -0.05) is 11.6 Å². The van der Waals surface area contributed by atoms with E-state index in [0.717, 1.165) is 18.2 Å². The van der Waals surface area contributed by atoms with Gasteiger partial charge in [0.05, 0.1) is 11.2 Å². The number of nitrogens with zero attached hydrogens (tertiary/aromatic N) is 2. The predicted octanol–water partition coefficient (Wildman–Crippen LogP) is 4.56. The van der Waals surface area contributed by atoms with Crippen molar-refractivity contribution in [1.29, 1.82) is 0 Å². The van der Waals surface area contributed by atoms with E-state index in [-0.39, 0.29) is 29.4 Å². The van der Waals surface area contributed by atoms with E-state index in [1.54, 1.807) is 0 Å². The van der Waals surface area contributed by atoms with Gasteiger partial charge >= 0.3 is 5.97 Å². The lowest BCUT2D eigenvalue weighted by molar-refractivity contribution is 0.0468. The van der Waals surface area contributed by atoms with E-state index in [0.29, 0.717) is 5.02 Å². The zero-order valence-corrected chi connectivity index (χ0v) is 13.9. The van der Waals surface area contributed by atoms with Crippen molar-refractivity contribution >= 4 is 17.6 Å². The molecular formula is C18H11ClF2N2O3. The number of hydrogen-bond donors (Lipinski definition) is 0. The van der Waals surface area contributed by atoms with Gasteiger partial charge < -0.3 is 9.47 Å². The highest BCUT2D eigenvalue weighted by molar-refractivity contribution is 6.30. The summed E-state index contributed by atoms with van der Waals surface area (Å²) in [5.41, 5.74) is 0.227. The van der Waals surface area contributed by atoms with Crippen molar-refractivity contribution in [2.75, 3.05) is 0 Å². The van der Waals surface area contributed by atoms with Gasteiger partial charge in [-0.2, -0.15) is 0 Å². The first-order chi connectivity index (χ1) is 12.5. The molecule has 0 amide bonds. The van der Waals surface area contributed by atoms with E-state index in [1.165, 1.54) is 36.8 Å². The summed E-state index contributed by atoms with van der Waals surface area (Å²) in [7, 11) is 0. The number of esters is 1. The van der Waals surface area contributed by atoms with Crippen LogP contribution < -0.4 is 4.74 Å². The number of halogens is 3. The maximum Gasteiger partial charge on any atom is 0.344 e. The fourth-order valence-electron chi connectivity index (χ4n) is 2.11. The molecule has 5 nitrogen and oxygen atoms in total. The maximum absolute atomic E-state index is 13.2. The van der Waals surface area contributed by atoms with Crippen molar-refractivity contribution < 1.29 is 23.0 Å². The summed E-state index contributed by atoms with van der Waals surface area (Å²) >= 11 is 5.84. The maximum atomic E-state index is 13.2. The van der Waals surface area contributed by atoms with Crippen LogP contribution in [0.5, 0.6) is 11.6 Å². The van der Waals surface area contributed by atoms with E-state index < -0.39 is 17.6 Å². The number of pyridine rings is 2. The van der Waals surface area contributed by atoms with Gasteiger partial charge in [-0.05, 0) is 29.8 Å². The third kappa shape index (κ3) is 4.52. The summed E-state index contributed by atoms with van der Waals surface area (Å²) < 4.78 is 37.0. The molecule has 0 aliphatic rings. The fourth-order valence-corrected chi connectivity index (χ4v) is 2.27. The molecule has 2 aromatic heterocycles. The minimum atomic E-state index is -0.757. The van der Waals surface area contributed by atoms with Gasteiger partial charge in [0.1, 0.15) is 29.6 Å². The Morgan fingerprint density at radius 2 is 1.88 bits per heavy atom. The molecule has 0 aliphatic heterocycles. The number of carbonyl (C=O) groups is 1. The van der Waals surface area contributed by atoms with Gasteiger partial charge in [0, 0.05) is 24.5 Å². The Morgan fingerprint density at radius 3 is 2.62 bits per heavy atom. The van der Waals surface area contributed by atoms with Crippen molar-refractivity contribution in [3.63, 3.8) is 0 Å². The van der Waals surface area contributed by atoms with Crippen LogP contribution in [0.15, 0.2) is 55.0 Å². The normalized spacial score (nSPS) is 10.4. The Kier molecular flexibility index (Phi) is 5.38. The van der Waals surface area contributed by atoms with Crippen molar-refractivity contribution in [1.82, 2.24) is 9.97 Å². The number of rotatable bonds is 5. The molecule has 132 valence electrons. The van der Waals surface area contributed by atoms with Crippen LogP contribution in [0.25, 0.3) is 0 Å². The Morgan fingerprint density at radius 1 is 1.12 bits per heavy atom. The number of aromatic nitrogens is 2. The summed E-state index contributed by atoms with van der Waals surface area (Å²) in [5.74, 6) is -1.98. The highest BCUT2D eigenvalue weighted by Crippen LogP contribution is 2.25. The monoisotopic (exact) mass is 376 g/mol. The molecule has 0 spiro atoms. The quantitative estimate of drug-likeness (QED) is 0.611. The average Bonchev–Trinajstić information content (AvgIpc) is 2.59. The van der Waals surface area contributed by atoms with E-state index in [4.69, 9.17) is 21.1 Å². The smallest absolute Gasteiger partial charge is 0.344 e. The van der Waals surface area contributed by atoms with Crippen LogP contribution >= 0.6 is 11.6 Å². The van der Waals surface area contributed by atoms with E-state index >= 15 is 0 Å². The Bertz CT molecular complexity index is 933. The van der Waals surface area contributed by atoms with Crippen molar-refractivity contribution in [3.8, 4) is 11.6 Å². The van der Waals surface area contributed by atoms with E-state index in [9.17, 15) is 13.6 Å². The summed E-state index contributed by atoms with van der Waals surface area (Å²) in [6.07, 6.45) is 4.28. The molecule has 3 rings (SSSR count). The number of ether oxygens (including phenoxy) is 2. The molecule has 3 aromatic rings. The van der Waals surface area contributed by atoms with E-state index in [2.05, 4.69) is 9.97 Å². The lowest BCUT2D eigenvalue weighted by Crippen LogP contribution is -2.08. The summed E-state index contributed by atoms with van der Waals surface area (Å²) in [4.78, 5) is 20.2. The van der Waals surface area contributed by atoms with Crippen molar-refractivity contribution in [2.45, 2.75) is 6.61 Å². The van der Waals surface area contributed by atoms with Gasteiger partial charge in [-0.3, -0.25) is 4.98 Å². The van der Waals surface area contributed by atoms with Crippen LogP contribution in [0.1, 0.15) is 15.9 Å². The summed E-state index contributed by atoms with van der Waals surface area (Å²) in [6, 6.07) is 7.38. The molecular weight excluding hydrogens is 366 g/mol. The standard InChI is InChI=1S/C18H11ClF2N2O3/c19-12-6-15(9-22-8-12)26-17-16(2-1-3-23-17)18(24)25-10-11-4-13(20)7-14(21)5-11/h1-9H,10H2. The zero-order chi connectivity index (χ0) is 18.5. The van der Waals surface area contributed by atoms with Crippen LogP contribution in [0.2, 0.25) is 5.02 Å². The molecule has 26 heavy (non-hydrogen) atoms. The van der Waals surface area contributed by atoms with Crippen LogP contribution in [0.3, 0.4) is 0 Å². The first-order valence-electron chi connectivity index (χ1n) is 7.37. The highest BCUT2D eigenvalue weighted by Gasteiger charge is 2.16. The van der Waals surface area contributed by atoms with Crippen LogP contribution in [0, 0.1) is 11.6 Å². The van der Waals surface area contributed by atoms with Crippen LogP contribution in [-0.2, 0) is 11.3 Å². The average molecular weight is 377 g/mol. The van der Waals surface area contributed by atoms with Crippen molar-refractivity contribution in [2.24, 2.45) is 0 Å². The second-order valence-corrected chi connectivity index (χ2v) is 5.59. The second kappa shape index (κ2) is 7.88. The molecule has 8 heteroatoms. The predicted molar refractivity (Wildman–Crippen MR) is 89.0 cm³/mol. The zero-order valence-electron chi connectivity index (χ0n) is 13.2. The van der Waals surface area contributed by atoms with Crippen LogP contribution in [0.4, 0.5) is 8.78 Å². The molecule has 0 bridgehead atoms. The van der Waals surface area contributed by atoms with E-state index in [1.807, 2.05) is 0 Å². The third-order valence-electron chi connectivity index (χ3n) is 3.18. The molecule has 0 N–H and O–H groups in total. The lowest BCUT2D eigenvalue weighted by atomic mass is 10.2. The molecule has 0 atom stereocenters. The van der Waals surface area contributed by atoms with Crippen molar-refractivity contribution in [3.05, 3.63) is 82.8 Å². The molecule has 0 unspecified atom stereocenters. The first kappa shape index (κ1) is 17.8. The topological polar surface area (TPSA) is 61.3 Å². The highest BCUT2D eigenvalue weighted by atomic mass is 35.5.